The Labute approximate surface area is 98.6 Å². The fourth-order valence-corrected chi connectivity index (χ4v) is 1.93. The molecule has 1 aliphatic rings. The molecular weight excluding hydrogens is 224 g/mol. The summed E-state index contributed by atoms with van der Waals surface area (Å²) in [6.45, 7) is 3.12. The van der Waals surface area contributed by atoms with Gasteiger partial charge >= 0.3 is 5.97 Å². The minimum absolute atomic E-state index is 0.0919. The van der Waals surface area contributed by atoms with Crippen molar-refractivity contribution in [2.24, 2.45) is 0 Å². The second-order valence-electron chi connectivity index (χ2n) is 4.24. The first-order valence-corrected chi connectivity index (χ1v) is 5.23. The number of esters is 1. The number of methoxy groups -OCH3 is 1. The van der Waals surface area contributed by atoms with E-state index in [-0.39, 0.29) is 11.3 Å². The maximum atomic E-state index is 11.7. The van der Waals surface area contributed by atoms with E-state index in [1.807, 2.05) is 0 Å². The summed E-state index contributed by atoms with van der Waals surface area (Å²) in [5.41, 5.74) is -0.623. The van der Waals surface area contributed by atoms with Crippen LogP contribution in [0.15, 0.2) is 12.1 Å². The number of phenols is 1. The molecule has 0 aliphatic carbocycles. The highest BCUT2D eigenvalue weighted by Gasteiger charge is 2.47. The number of aromatic hydroxyl groups is 1. The number of cyclic esters (lactones) is 1. The number of ether oxygens (including phenoxy) is 2. The summed E-state index contributed by atoms with van der Waals surface area (Å²) in [6.07, 6.45) is -0.890. The zero-order chi connectivity index (χ0) is 12.8. The van der Waals surface area contributed by atoms with E-state index in [1.54, 1.807) is 13.0 Å². The van der Waals surface area contributed by atoms with Gasteiger partial charge in [-0.3, -0.25) is 0 Å². The van der Waals surface area contributed by atoms with Gasteiger partial charge in [-0.1, -0.05) is 0 Å². The van der Waals surface area contributed by atoms with Crippen molar-refractivity contribution in [2.75, 3.05) is 7.11 Å². The van der Waals surface area contributed by atoms with Gasteiger partial charge < -0.3 is 19.7 Å². The predicted octanol–water partition coefficient (Wildman–Crippen LogP) is 1.17. The van der Waals surface area contributed by atoms with Gasteiger partial charge in [0.05, 0.1) is 13.2 Å². The van der Waals surface area contributed by atoms with Crippen LogP contribution in [0.1, 0.15) is 29.8 Å². The van der Waals surface area contributed by atoms with E-state index in [4.69, 9.17) is 9.47 Å². The second kappa shape index (κ2) is 3.63. The summed E-state index contributed by atoms with van der Waals surface area (Å²) in [5.74, 6) is -0.427. The van der Waals surface area contributed by atoms with Crippen LogP contribution in [0.5, 0.6) is 11.5 Å². The zero-order valence-electron chi connectivity index (χ0n) is 9.85. The first kappa shape index (κ1) is 11.7. The summed E-state index contributed by atoms with van der Waals surface area (Å²) in [4.78, 5) is 11.7. The van der Waals surface area contributed by atoms with E-state index in [0.717, 1.165) is 0 Å². The molecular formula is C12H14O5. The number of carbonyl (C=O) groups is 1. The average molecular weight is 238 g/mol. The lowest BCUT2D eigenvalue weighted by Crippen LogP contribution is -2.34. The fourth-order valence-electron chi connectivity index (χ4n) is 1.93. The molecule has 92 valence electrons. The quantitative estimate of drug-likeness (QED) is 0.756. The number of rotatable bonds is 2. The average Bonchev–Trinajstić information content (AvgIpc) is 2.52. The van der Waals surface area contributed by atoms with Crippen LogP contribution in [0.2, 0.25) is 0 Å². The number of aliphatic hydroxyl groups is 1. The minimum Gasteiger partial charge on any atom is -0.507 e. The summed E-state index contributed by atoms with van der Waals surface area (Å²) < 4.78 is 10.2. The summed E-state index contributed by atoms with van der Waals surface area (Å²) >= 11 is 0. The third kappa shape index (κ3) is 1.54. The number of hydrogen-bond acceptors (Lipinski definition) is 5. The van der Waals surface area contributed by atoms with Gasteiger partial charge in [0.1, 0.15) is 17.1 Å². The zero-order valence-corrected chi connectivity index (χ0v) is 9.85. The smallest absolute Gasteiger partial charge is 0.343 e. The summed E-state index contributed by atoms with van der Waals surface area (Å²) in [7, 11) is 1.46. The lowest BCUT2D eigenvalue weighted by molar-refractivity contribution is -0.0656. The molecule has 17 heavy (non-hydrogen) atoms. The molecule has 0 aromatic heterocycles. The number of hydrogen-bond donors (Lipinski definition) is 2. The molecule has 1 aliphatic heterocycles. The summed E-state index contributed by atoms with van der Waals surface area (Å²) in [6, 6.07) is 2.93. The topological polar surface area (TPSA) is 76.0 Å². The van der Waals surface area contributed by atoms with E-state index in [1.165, 1.54) is 20.1 Å². The molecule has 5 heteroatoms. The van der Waals surface area contributed by atoms with Gasteiger partial charge in [-0.05, 0) is 19.9 Å². The van der Waals surface area contributed by atoms with E-state index >= 15 is 0 Å². The van der Waals surface area contributed by atoms with Crippen LogP contribution >= 0.6 is 0 Å². The number of benzene rings is 1. The fraction of sp³-hybridized carbons (Fsp3) is 0.417. The first-order chi connectivity index (χ1) is 7.90. The van der Waals surface area contributed by atoms with Gasteiger partial charge in [0.25, 0.3) is 0 Å². The van der Waals surface area contributed by atoms with Crippen LogP contribution < -0.4 is 4.74 Å². The summed E-state index contributed by atoms with van der Waals surface area (Å²) in [5, 5.41) is 19.5. The Balaban J connectivity index is 2.68. The number of carbonyl (C=O) groups excluding carboxylic acids is 1. The lowest BCUT2D eigenvalue weighted by Gasteiger charge is -2.27. The van der Waals surface area contributed by atoms with Crippen molar-refractivity contribution in [2.45, 2.75) is 25.6 Å². The number of aliphatic hydroxyl groups excluding tert-OH is 1. The standard InChI is InChI=1S/C12H14O5/c1-6(13)12(2)8-4-7(16-3)5-9(14)10(8)11(15)17-12/h4-6,13-14H,1-3H3. The largest absolute Gasteiger partial charge is 0.507 e. The van der Waals surface area contributed by atoms with Crippen molar-refractivity contribution in [1.82, 2.24) is 0 Å². The minimum atomic E-state index is -1.15. The highest BCUT2D eigenvalue weighted by atomic mass is 16.6. The van der Waals surface area contributed by atoms with Crippen LogP contribution in [-0.2, 0) is 10.3 Å². The van der Waals surface area contributed by atoms with Gasteiger partial charge in [0.2, 0.25) is 0 Å². The van der Waals surface area contributed by atoms with Gasteiger partial charge in [-0.2, -0.15) is 0 Å². The molecule has 0 radical (unpaired) electrons. The van der Waals surface area contributed by atoms with Crippen LogP contribution in [0.3, 0.4) is 0 Å². The van der Waals surface area contributed by atoms with Gasteiger partial charge in [-0.15, -0.1) is 0 Å². The monoisotopic (exact) mass is 238 g/mol. The van der Waals surface area contributed by atoms with E-state index in [2.05, 4.69) is 0 Å². The molecule has 0 amide bonds. The van der Waals surface area contributed by atoms with E-state index < -0.39 is 17.7 Å². The lowest BCUT2D eigenvalue weighted by atomic mass is 9.89. The van der Waals surface area contributed by atoms with Crippen molar-refractivity contribution in [1.29, 1.82) is 0 Å². The van der Waals surface area contributed by atoms with Gasteiger partial charge in [-0.25, -0.2) is 4.79 Å². The van der Waals surface area contributed by atoms with Crippen molar-refractivity contribution >= 4 is 5.97 Å². The highest BCUT2D eigenvalue weighted by Crippen LogP contribution is 2.44. The molecule has 1 aromatic carbocycles. The number of fused-ring (bicyclic) bond motifs is 1. The molecule has 5 nitrogen and oxygen atoms in total. The Morgan fingerprint density at radius 2 is 2.12 bits per heavy atom. The Bertz CT molecular complexity index is 480. The van der Waals surface area contributed by atoms with E-state index in [9.17, 15) is 15.0 Å². The molecule has 2 rings (SSSR count). The van der Waals surface area contributed by atoms with Crippen molar-refractivity contribution in [3.63, 3.8) is 0 Å². The highest BCUT2D eigenvalue weighted by molar-refractivity contribution is 5.98. The van der Waals surface area contributed by atoms with Gasteiger partial charge in [0.15, 0.2) is 5.60 Å². The molecule has 0 saturated heterocycles. The molecule has 1 aromatic rings. The maximum absolute atomic E-state index is 11.7. The molecule has 2 unspecified atom stereocenters. The molecule has 0 saturated carbocycles. The number of phenolic OH excluding ortho intramolecular Hbond substituents is 1. The first-order valence-electron chi connectivity index (χ1n) is 5.23. The SMILES string of the molecule is COc1cc(O)c2c(c1)C(C)(C(C)O)OC2=O. The van der Waals surface area contributed by atoms with Gasteiger partial charge in [0, 0.05) is 11.6 Å². The Morgan fingerprint density at radius 3 is 2.65 bits per heavy atom. The van der Waals surface area contributed by atoms with Crippen LogP contribution in [0, 0.1) is 0 Å². The third-order valence-corrected chi connectivity index (χ3v) is 3.17. The third-order valence-electron chi connectivity index (χ3n) is 3.17. The Kier molecular flexibility index (Phi) is 2.50. The molecule has 1 heterocycles. The Hall–Kier alpha value is -1.75. The van der Waals surface area contributed by atoms with Crippen LogP contribution in [0.25, 0.3) is 0 Å². The van der Waals surface area contributed by atoms with Crippen LogP contribution in [0.4, 0.5) is 0 Å². The van der Waals surface area contributed by atoms with Crippen molar-refractivity contribution in [3.8, 4) is 11.5 Å². The molecule has 2 atom stereocenters. The van der Waals surface area contributed by atoms with Crippen molar-refractivity contribution in [3.05, 3.63) is 23.3 Å². The predicted molar refractivity (Wildman–Crippen MR) is 59.1 cm³/mol. The molecule has 2 N–H and O–H groups in total. The van der Waals surface area contributed by atoms with E-state index in [0.29, 0.717) is 11.3 Å². The molecule has 0 spiro atoms. The van der Waals surface area contributed by atoms with Crippen molar-refractivity contribution < 1.29 is 24.5 Å². The second-order valence-corrected chi connectivity index (χ2v) is 4.24. The normalized spacial score (nSPS) is 24.1. The Morgan fingerprint density at radius 1 is 1.47 bits per heavy atom. The van der Waals surface area contributed by atoms with Crippen LogP contribution in [-0.4, -0.2) is 29.4 Å². The molecule has 0 bridgehead atoms. The maximum Gasteiger partial charge on any atom is 0.343 e. The molecule has 0 fully saturated rings.